The van der Waals surface area contributed by atoms with E-state index in [1.807, 2.05) is 43.6 Å². The quantitative estimate of drug-likeness (QED) is 0.686. The number of aryl methyl sites for hydroxylation is 1. The number of nitrogens with zero attached hydrogens (tertiary/aromatic N) is 1. The van der Waals surface area contributed by atoms with Gasteiger partial charge in [-0.3, -0.25) is 4.79 Å². The van der Waals surface area contributed by atoms with E-state index in [0.717, 1.165) is 17.7 Å². The summed E-state index contributed by atoms with van der Waals surface area (Å²) in [6.45, 7) is 1.01. The summed E-state index contributed by atoms with van der Waals surface area (Å²) in [4.78, 5) is 17.3. The summed E-state index contributed by atoms with van der Waals surface area (Å²) in [6.07, 6.45) is 3.20. The van der Waals surface area contributed by atoms with E-state index >= 15 is 0 Å². The monoisotopic (exact) mass is 356 g/mol. The highest BCUT2D eigenvalue weighted by Crippen LogP contribution is 2.19. The van der Waals surface area contributed by atoms with Crippen molar-refractivity contribution in [3.63, 3.8) is 0 Å². The van der Waals surface area contributed by atoms with E-state index in [4.69, 9.17) is 16.3 Å². The molecule has 1 aromatic heterocycles. The lowest BCUT2D eigenvalue weighted by atomic mass is 10.1. The fourth-order valence-corrected chi connectivity index (χ4v) is 2.85. The Labute approximate surface area is 152 Å². The summed E-state index contributed by atoms with van der Waals surface area (Å²) in [5, 5.41) is 1.86. The number of para-hydroxylation sites is 1. The molecule has 0 radical (unpaired) electrons. The van der Waals surface area contributed by atoms with Crippen LogP contribution in [0.4, 0.5) is 0 Å². The number of benzene rings is 2. The minimum absolute atomic E-state index is 0.116. The van der Waals surface area contributed by atoms with Gasteiger partial charge in [0, 0.05) is 35.6 Å². The number of carbonyl (C=O) groups is 1. The van der Waals surface area contributed by atoms with Gasteiger partial charge in [0.25, 0.3) is 0 Å². The Balaban J connectivity index is 1.45. The molecule has 4 nitrogen and oxygen atoms in total. The maximum absolute atomic E-state index is 12.3. The summed E-state index contributed by atoms with van der Waals surface area (Å²) in [5.41, 5.74) is 2.28. The van der Waals surface area contributed by atoms with Crippen LogP contribution in [0.25, 0.3) is 10.9 Å². The molecule has 0 atom stereocenters. The molecular weight excluding hydrogens is 336 g/mol. The molecule has 1 heterocycles. The van der Waals surface area contributed by atoms with E-state index in [-0.39, 0.29) is 5.91 Å². The van der Waals surface area contributed by atoms with Crippen LogP contribution in [0.1, 0.15) is 12.0 Å². The van der Waals surface area contributed by atoms with Crippen molar-refractivity contribution < 1.29 is 9.53 Å². The molecule has 0 spiro atoms. The van der Waals surface area contributed by atoms with Gasteiger partial charge < -0.3 is 14.6 Å². The third-order valence-corrected chi connectivity index (χ3v) is 4.47. The maximum atomic E-state index is 12.3. The first-order valence-corrected chi connectivity index (χ1v) is 8.68. The van der Waals surface area contributed by atoms with Gasteiger partial charge in [0.15, 0.2) is 0 Å². The molecule has 0 fully saturated rings. The van der Waals surface area contributed by atoms with Gasteiger partial charge in [-0.05, 0) is 42.3 Å². The van der Waals surface area contributed by atoms with Gasteiger partial charge in [-0.2, -0.15) is 0 Å². The Morgan fingerprint density at radius 1 is 1.16 bits per heavy atom. The molecule has 2 aromatic carbocycles. The minimum atomic E-state index is 0.116. The largest absolute Gasteiger partial charge is 0.492 e. The standard InChI is InChI=1S/C20H21ClN2O2/c1-23(12-13-25-17-9-7-16(21)8-10-17)20(24)11-6-15-14-22-19-5-3-2-4-18(15)19/h2-5,7-10,14,22H,6,11-13H2,1H3. The van der Waals surface area contributed by atoms with E-state index in [9.17, 15) is 4.79 Å². The van der Waals surface area contributed by atoms with Crippen molar-refractivity contribution in [1.82, 2.24) is 9.88 Å². The van der Waals surface area contributed by atoms with Gasteiger partial charge in [-0.1, -0.05) is 29.8 Å². The van der Waals surface area contributed by atoms with E-state index in [1.165, 1.54) is 10.9 Å². The molecule has 130 valence electrons. The van der Waals surface area contributed by atoms with Crippen LogP contribution in [0.15, 0.2) is 54.7 Å². The number of halogens is 1. The topological polar surface area (TPSA) is 45.3 Å². The number of amides is 1. The van der Waals surface area contributed by atoms with Gasteiger partial charge in [0.2, 0.25) is 5.91 Å². The number of aromatic nitrogens is 1. The van der Waals surface area contributed by atoms with Gasteiger partial charge in [0.1, 0.15) is 12.4 Å². The van der Waals surface area contributed by atoms with Crippen molar-refractivity contribution in [3.05, 3.63) is 65.3 Å². The number of rotatable bonds is 7. The smallest absolute Gasteiger partial charge is 0.222 e. The van der Waals surface area contributed by atoms with Crippen molar-refractivity contribution in [2.24, 2.45) is 0 Å². The molecule has 0 saturated carbocycles. The van der Waals surface area contributed by atoms with Crippen LogP contribution in [-0.4, -0.2) is 36.0 Å². The molecule has 0 aliphatic heterocycles. The van der Waals surface area contributed by atoms with Gasteiger partial charge in [-0.25, -0.2) is 0 Å². The third-order valence-electron chi connectivity index (χ3n) is 4.22. The van der Waals surface area contributed by atoms with E-state index in [2.05, 4.69) is 11.1 Å². The second-order valence-electron chi connectivity index (χ2n) is 5.98. The van der Waals surface area contributed by atoms with Gasteiger partial charge in [-0.15, -0.1) is 0 Å². The number of fused-ring (bicyclic) bond motifs is 1. The van der Waals surface area contributed by atoms with Gasteiger partial charge in [0.05, 0.1) is 6.54 Å². The number of nitrogens with one attached hydrogen (secondary N) is 1. The zero-order chi connectivity index (χ0) is 17.6. The molecule has 1 N–H and O–H groups in total. The molecule has 0 aliphatic carbocycles. The Kier molecular flexibility index (Phi) is 5.61. The first-order valence-electron chi connectivity index (χ1n) is 8.31. The number of ether oxygens (including phenoxy) is 1. The molecule has 0 saturated heterocycles. The van der Waals surface area contributed by atoms with Crippen LogP contribution >= 0.6 is 11.6 Å². The first-order chi connectivity index (χ1) is 12.1. The zero-order valence-electron chi connectivity index (χ0n) is 14.2. The molecule has 3 rings (SSSR count). The second kappa shape index (κ2) is 8.08. The molecule has 25 heavy (non-hydrogen) atoms. The second-order valence-corrected chi connectivity index (χ2v) is 6.41. The van der Waals surface area contributed by atoms with Crippen LogP contribution in [-0.2, 0) is 11.2 Å². The summed E-state index contributed by atoms with van der Waals surface area (Å²) in [7, 11) is 1.81. The summed E-state index contributed by atoms with van der Waals surface area (Å²) in [5.74, 6) is 0.869. The fraction of sp³-hybridized carbons (Fsp3) is 0.250. The Hall–Kier alpha value is -2.46. The molecule has 1 amide bonds. The Morgan fingerprint density at radius 3 is 2.72 bits per heavy atom. The van der Waals surface area contributed by atoms with Crippen LogP contribution < -0.4 is 4.74 Å². The van der Waals surface area contributed by atoms with Crippen molar-refractivity contribution in [3.8, 4) is 5.75 Å². The number of likely N-dealkylation sites (N-methyl/N-ethyl adjacent to an activating group) is 1. The molecule has 5 heteroatoms. The van der Waals surface area contributed by atoms with E-state index in [1.54, 1.807) is 17.0 Å². The number of carbonyl (C=O) groups excluding carboxylic acids is 1. The predicted molar refractivity (Wildman–Crippen MR) is 101 cm³/mol. The normalized spacial score (nSPS) is 10.8. The SMILES string of the molecule is CN(CCOc1ccc(Cl)cc1)C(=O)CCc1c[nH]c2ccccc12. The van der Waals surface area contributed by atoms with E-state index < -0.39 is 0 Å². The summed E-state index contributed by atoms with van der Waals surface area (Å²) >= 11 is 5.84. The average molecular weight is 357 g/mol. The predicted octanol–water partition coefficient (Wildman–Crippen LogP) is 4.29. The molecular formula is C20H21ClN2O2. The fourth-order valence-electron chi connectivity index (χ4n) is 2.73. The number of hydrogen-bond donors (Lipinski definition) is 1. The van der Waals surface area contributed by atoms with Crippen molar-refractivity contribution in [2.75, 3.05) is 20.2 Å². The molecule has 0 aliphatic rings. The highest BCUT2D eigenvalue weighted by molar-refractivity contribution is 6.30. The number of hydrogen-bond acceptors (Lipinski definition) is 2. The lowest BCUT2D eigenvalue weighted by molar-refractivity contribution is -0.130. The lowest BCUT2D eigenvalue weighted by Gasteiger charge is -2.17. The van der Waals surface area contributed by atoms with Gasteiger partial charge >= 0.3 is 0 Å². The molecule has 0 bridgehead atoms. The van der Waals surface area contributed by atoms with Crippen LogP contribution in [0.3, 0.4) is 0 Å². The number of H-pyrrole nitrogens is 1. The highest BCUT2D eigenvalue weighted by Gasteiger charge is 2.11. The zero-order valence-corrected chi connectivity index (χ0v) is 14.9. The van der Waals surface area contributed by atoms with Crippen LogP contribution in [0.5, 0.6) is 5.75 Å². The lowest BCUT2D eigenvalue weighted by Crippen LogP contribution is -2.31. The third kappa shape index (κ3) is 4.54. The summed E-state index contributed by atoms with van der Waals surface area (Å²) < 4.78 is 5.63. The average Bonchev–Trinajstić information content (AvgIpc) is 3.04. The number of aromatic amines is 1. The maximum Gasteiger partial charge on any atom is 0.222 e. The van der Waals surface area contributed by atoms with Crippen LogP contribution in [0, 0.1) is 0 Å². The first kappa shape index (κ1) is 17.4. The van der Waals surface area contributed by atoms with E-state index in [0.29, 0.717) is 24.6 Å². The van der Waals surface area contributed by atoms with Crippen molar-refractivity contribution in [1.29, 1.82) is 0 Å². The van der Waals surface area contributed by atoms with Crippen LogP contribution in [0.2, 0.25) is 5.02 Å². The molecule has 3 aromatic rings. The summed E-state index contributed by atoms with van der Waals surface area (Å²) in [6, 6.07) is 15.3. The highest BCUT2D eigenvalue weighted by atomic mass is 35.5. The minimum Gasteiger partial charge on any atom is -0.492 e. The molecule has 0 unspecified atom stereocenters. The van der Waals surface area contributed by atoms with Crippen molar-refractivity contribution in [2.45, 2.75) is 12.8 Å². The van der Waals surface area contributed by atoms with Crippen molar-refractivity contribution >= 4 is 28.4 Å². The Bertz CT molecular complexity index is 842. The Morgan fingerprint density at radius 2 is 1.92 bits per heavy atom.